The summed E-state index contributed by atoms with van der Waals surface area (Å²) in [6.45, 7) is 0.336. The first-order valence-corrected chi connectivity index (χ1v) is 12.7. The van der Waals surface area contributed by atoms with Gasteiger partial charge in [-0.05, 0) is 72.3 Å². The van der Waals surface area contributed by atoms with Crippen molar-refractivity contribution in [3.8, 4) is 45.6 Å². The van der Waals surface area contributed by atoms with Crippen LogP contribution in [0.4, 0.5) is 0 Å². The van der Waals surface area contributed by atoms with E-state index in [9.17, 15) is 4.79 Å². The molecule has 6 heterocycles. The number of carbonyl (C=O) groups excluding carboxylic acids is 1. The number of carbonyl (C=O) groups is 1. The molecule has 2 radical (unpaired) electrons. The molecule has 0 spiro atoms. The molecule has 0 unspecified atom stereocenters. The molecule has 0 atom stereocenters. The van der Waals surface area contributed by atoms with E-state index >= 15 is 0 Å². The Morgan fingerprint density at radius 2 is 0.955 bits per heavy atom. The summed E-state index contributed by atoms with van der Waals surface area (Å²) in [6.07, 6.45) is 6.78. The van der Waals surface area contributed by atoms with Gasteiger partial charge in [-0.25, -0.2) is 9.97 Å². The van der Waals surface area contributed by atoms with Crippen LogP contribution in [0.25, 0.3) is 45.6 Å². The van der Waals surface area contributed by atoms with Crippen molar-refractivity contribution in [2.45, 2.75) is 6.54 Å². The Morgan fingerprint density at radius 1 is 0.500 bits per heavy atom. The minimum absolute atomic E-state index is 0. The Bertz CT molecular complexity index is 1760. The fourth-order valence-corrected chi connectivity index (χ4v) is 4.11. The molecule has 1 amide bonds. The Labute approximate surface area is 275 Å². The third kappa shape index (κ3) is 8.46. The minimum Gasteiger partial charge on any atom is -0.412 e. The predicted octanol–water partition coefficient (Wildman–Crippen LogP) is 4.00. The van der Waals surface area contributed by atoms with Crippen LogP contribution in [0.2, 0.25) is 0 Å². The zero-order chi connectivity index (χ0) is 27.1. The van der Waals surface area contributed by atoms with Crippen LogP contribution in [0.3, 0.4) is 0 Å². The standard InChI is InChI=1S/C32H23N7O.2Cu.2H2O/c40-32(23-14-16-27(36-21-23)31-12-6-10-29(39-31)25-8-2-4-18-34-25)37-20-22-13-15-26(35-19-22)30-11-5-9-28(38-30)24-7-1-3-17-33-24;;;;/h1-19,21H,20H2,(H,37,40);;;2*1H2. The van der Waals surface area contributed by atoms with E-state index in [1.165, 1.54) is 0 Å². The number of rotatable bonds is 7. The van der Waals surface area contributed by atoms with Crippen LogP contribution < -0.4 is 5.32 Å². The van der Waals surface area contributed by atoms with Crippen molar-refractivity contribution >= 4 is 5.91 Å². The van der Waals surface area contributed by atoms with E-state index in [1.54, 1.807) is 36.9 Å². The molecule has 0 aliphatic carbocycles. The molecule has 6 rings (SSSR count). The molecule has 0 bridgehead atoms. The Balaban J connectivity index is 0.00000169. The van der Waals surface area contributed by atoms with E-state index in [4.69, 9.17) is 4.98 Å². The number of aromatic nitrogens is 6. The quantitative estimate of drug-likeness (QED) is 0.248. The molecule has 6 aromatic heterocycles. The first kappa shape index (κ1) is 35.5. The Hall–Kier alpha value is -4.67. The molecule has 0 aliphatic rings. The van der Waals surface area contributed by atoms with Gasteiger partial charge in [0.25, 0.3) is 5.91 Å². The van der Waals surface area contributed by atoms with Gasteiger partial charge in [0, 0.05) is 65.5 Å². The second-order valence-electron chi connectivity index (χ2n) is 8.91. The van der Waals surface area contributed by atoms with E-state index in [0.29, 0.717) is 23.5 Å². The van der Waals surface area contributed by atoms with Gasteiger partial charge >= 0.3 is 0 Å². The van der Waals surface area contributed by atoms with Gasteiger partial charge in [0.15, 0.2) is 0 Å². The zero-order valence-electron chi connectivity index (χ0n) is 22.9. The molecule has 0 saturated carbocycles. The van der Waals surface area contributed by atoms with Gasteiger partial charge in [-0.1, -0.05) is 30.3 Å². The normalized spacial score (nSPS) is 9.73. The van der Waals surface area contributed by atoms with Crippen molar-refractivity contribution in [2.75, 3.05) is 0 Å². The first-order chi connectivity index (χ1) is 19.7. The summed E-state index contributed by atoms with van der Waals surface area (Å²) in [7, 11) is 0. The molecule has 44 heavy (non-hydrogen) atoms. The maximum absolute atomic E-state index is 12.8. The summed E-state index contributed by atoms with van der Waals surface area (Å²) in [5.41, 5.74) is 7.36. The van der Waals surface area contributed by atoms with Crippen molar-refractivity contribution in [1.82, 2.24) is 35.2 Å². The molecule has 0 aromatic carbocycles. The van der Waals surface area contributed by atoms with Gasteiger partial charge < -0.3 is 16.3 Å². The van der Waals surface area contributed by atoms with Crippen molar-refractivity contribution < 1.29 is 49.9 Å². The van der Waals surface area contributed by atoms with Gasteiger partial charge in [-0.2, -0.15) is 0 Å². The first-order valence-electron chi connectivity index (χ1n) is 12.7. The van der Waals surface area contributed by atoms with Crippen LogP contribution >= 0.6 is 0 Å². The SMILES string of the molecule is O.O.O=C(NCc1ccc(-c2cccc(-c3ccccn3)n2)nc1)c1ccc(-c2cccc(-c3ccccn3)n2)nc1.[Cu].[Cu]. The van der Waals surface area contributed by atoms with Crippen LogP contribution in [0.15, 0.2) is 122 Å². The van der Waals surface area contributed by atoms with Crippen molar-refractivity contribution in [2.24, 2.45) is 0 Å². The van der Waals surface area contributed by atoms with Crippen LogP contribution in [-0.4, -0.2) is 46.8 Å². The molecular weight excluding hydrogens is 657 g/mol. The summed E-state index contributed by atoms with van der Waals surface area (Å²) < 4.78 is 0. The molecule has 12 heteroatoms. The fourth-order valence-electron chi connectivity index (χ4n) is 4.11. The number of pyridine rings is 6. The molecule has 6 aromatic rings. The number of nitrogens with one attached hydrogen (secondary N) is 1. The number of hydrogen-bond acceptors (Lipinski definition) is 7. The van der Waals surface area contributed by atoms with E-state index in [2.05, 4.69) is 30.2 Å². The summed E-state index contributed by atoms with van der Waals surface area (Å²) >= 11 is 0. The second kappa shape index (κ2) is 16.8. The third-order valence-electron chi connectivity index (χ3n) is 6.18. The summed E-state index contributed by atoms with van der Waals surface area (Å²) in [6, 6.07) is 30.3. The van der Waals surface area contributed by atoms with Gasteiger partial charge in [-0.3, -0.25) is 24.7 Å². The topological polar surface area (TPSA) is 169 Å². The second-order valence-corrected chi connectivity index (χ2v) is 8.91. The van der Waals surface area contributed by atoms with Crippen molar-refractivity contribution in [3.63, 3.8) is 0 Å². The average Bonchev–Trinajstić information content (AvgIpc) is 3.05. The van der Waals surface area contributed by atoms with Gasteiger partial charge in [0.2, 0.25) is 0 Å². The predicted molar refractivity (Wildman–Crippen MR) is 160 cm³/mol. The summed E-state index contributed by atoms with van der Waals surface area (Å²) in [4.78, 5) is 39.9. The Kier molecular flexibility index (Phi) is 13.6. The number of hydrogen-bond donors (Lipinski definition) is 1. The van der Waals surface area contributed by atoms with E-state index in [1.807, 2.05) is 84.9 Å². The van der Waals surface area contributed by atoms with Crippen LogP contribution in [0, 0.1) is 0 Å². The van der Waals surface area contributed by atoms with Gasteiger partial charge in [-0.15, -0.1) is 0 Å². The molecular formula is C32H27Cu2N7O3. The maximum atomic E-state index is 12.8. The summed E-state index contributed by atoms with van der Waals surface area (Å²) in [5, 5.41) is 2.93. The number of amides is 1. The Morgan fingerprint density at radius 3 is 1.36 bits per heavy atom. The van der Waals surface area contributed by atoms with Gasteiger partial charge in [0.05, 0.1) is 51.1 Å². The largest absolute Gasteiger partial charge is 0.412 e. The van der Waals surface area contributed by atoms with Crippen LogP contribution in [-0.2, 0) is 40.7 Å². The molecule has 0 fully saturated rings. The van der Waals surface area contributed by atoms with Crippen molar-refractivity contribution in [3.05, 3.63) is 133 Å². The monoisotopic (exact) mass is 683 g/mol. The summed E-state index contributed by atoms with van der Waals surface area (Å²) in [5.74, 6) is -0.219. The molecule has 230 valence electrons. The molecule has 0 aliphatic heterocycles. The van der Waals surface area contributed by atoms with Crippen LogP contribution in [0.5, 0.6) is 0 Å². The molecule has 0 saturated heterocycles. The molecule has 10 nitrogen and oxygen atoms in total. The van der Waals surface area contributed by atoms with Crippen LogP contribution in [0.1, 0.15) is 15.9 Å². The smallest absolute Gasteiger partial charge is 0.253 e. The van der Waals surface area contributed by atoms with E-state index < -0.39 is 0 Å². The fraction of sp³-hybridized carbons (Fsp3) is 0.0312. The van der Waals surface area contributed by atoms with E-state index in [0.717, 1.165) is 39.7 Å². The van der Waals surface area contributed by atoms with E-state index in [-0.39, 0.29) is 51.0 Å². The third-order valence-corrected chi connectivity index (χ3v) is 6.18. The minimum atomic E-state index is -0.219. The van der Waals surface area contributed by atoms with Gasteiger partial charge in [0.1, 0.15) is 0 Å². The average molecular weight is 685 g/mol. The number of nitrogens with zero attached hydrogens (tertiary/aromatic N) is 6. The maximum Gasteiger partial charge on any atom is 0.253 e. The van der Waals surface area contributed by atoms with Crippen molar-refractivity contribution in [1.29, 1.82) is 0 Å². The molecule has 5 N–H and O–H groups in total. The zero-order valence-corrected chi connectivity index (χ0v) is 24.8.